The molecule has 1 aromatic carbocycles. The fraction of sp³-hybridized carbons (Fsp3) is 0.375. The summed E-state index contributed by atoms with van der Waals surface area (Å²) in [6.07, 6.45) is 3.75. The summed E-state index contributed by atoms with van der Waals surface area (Å²) in [6.45, 7) is 2.69. The molecule has 6 heteroatoms. The first kappa shape index (κ1) is 14.7. The highest BCUT2D eigenvalue weighted by Crippen LogP contribution is 2.16. The SMILES string of the molecule is C[C@H](NC(=O)c1ccn(-c2ccc(F)cc2)n1)[C@@H]1CCCO1. The maximum absolute atomic E-state index is 12.9. The van der Waals surface area contributed by atoms with Crippen molar-refractivity contribution in [1.82, 2.24) is 15.1 Å². The number of rotatable bonds is 4. The van der Waals surface area contributed by atoms with Crippen LogP contribution in [0.3, 0.4) is 0 Å². The van der Waals surface area contributed by atoms with Gasteiger partial charge in [0, 0.05) is 12.8 Å². The molecule has 1 aromatic heterocycles. The Morgan fingerprint density at radius 3 is 2.86 bits per heavy atom. The van der Waals surface area contributed by atoms with Crippen LogP contribution < -0.4 is 5.32 Å². The predicted octanol–water partition coefficient (Wildman–Crippen LogP) is 2.31. The van der Waals surface area contributed by atoms with Gasteiger partial charge in [0.15, 0.2) is 5.69 Å². The molecular weight excluding hydrogens is 285 g/mol. The molecule has 0 aliphatic carbocycles. The largest absolute Gasteiger partial charge is 0.376 e. The van der Waals surface area contributed by atoms with Gasteiger partial charge in [-0.25, -0.2) is 9.07 Å². The van der Waals surface area contributed by atoms with E-state index in [9.17, 15) is 9.18 Å². The molecule has 0 spiro atoms. The van der Waals surface area contributed by atoms with Gasteiger partial charge in [-0.2, -0.15) is 5.10 Å². The Hall–Kier alpha value is -2.21. The van der Waals surface area contributed by atoms with Crippen molar-refractivity contribution in [1.29, 1.82) is 0 Å². The Morgan fingerprint density at radius 1 is 1.41 bits per heavy atom. The number of carbonyl (C=O) groups is 1. The first-order chi connectivity index (χ1) is 10.6. The van der Waals surface area contributed by atoms with Gasteiger partial charge in [-0.15, -0.1) is 0 Å². The van der Waals surface area contributed by atoms with Crippen LogP contribution in [-0.2, 0) is 4.74 Å². The molecule has 2 heterocycles. The number of carbonyl (C=O) groups excluding carboxylic acids is 1. The number of hydrogen-bond acceptors (Lipinski definition) is 3. The molecule has 2 aromatic rings. The fourth-order valence-electron chi connectivity index (χ4n) is 2.55. The van der Waals surface area contributed by atoms with E-state index in [1.165, 1.54) is 12.1 Å². The van der Waals surface area contributed by atoms with Crippen LogP contribution in [0.4, 0.5) is 4.39 Å². The highest BCUT2D eigenvalue weighted by atomic mass is 19.1. The molecule has 1 amide bonds. The van der Waals surface area contributed by atoms with Gasteiger partial charge in [-0.1, -0.05) is 0 Å². The smallest absolute Gasteiger partial charge is 0.272 e. The van der Waals surface area contributed by atoms with Crippen molar-refractivity contribution in [2.45, 2.75) is 31.9 Å². The average Bonchev–Trinajstić information content (AvgIpc) is 3.20. The van der Waals surface area contributed by atoms with Gasteiger partial charge in [-0.3, -0.25) is 4.79 Å². The van der Waals surface area contributed by atoms with Gasteiger partial charge in [0.2, 0.25) is 0 Å². The van der Waals surface area contributed by atoms with Crippen LogP contribution in [0.15, 0.2) is 36.5 Å². The summed E-state index contributed by atoms with van der Waals surface area (Å²) in [5.41, 5.74) is 1.03. The molecule has 2 atom stereocenters. The normalized spacial score (nSPS) is 19.1. The minimum absolute atomic E-state index is 0.0500. The van der Waals surface area contributed by atoms with Gasteiger partial charge in [-0.05, 0) is 50.1 Å². The topological polar surface area (TPSA) is 56.2 Å². The lowest BCUT2D eigenvalue weighted by atomic mass is 10.1. The van der Waals surface area contributed by atoms with Crippen LogP contribution in [0.2, 0.25) is 0 Å². The quantitative estimate of drug-likeness (QED) is 0.943. The summed E-state index contributed by atoms with van der Waals surface area (Å²) >= 11 is 0. The lowest BCUT2D eigenvalue weighted by molar-refractivity contribution is 0.0709. The monoisotopic (exact) mass is 303 g/mol. The minimum atomic E-state index is -0.306. The van der Waals surface area contributed by atoms with E-state index in [2.05, 4.69) is 10.4 Å². The van der Waals surface area contributed by atoms with Crippen molar-refractivity contribution in [2.24, 2.45) is 0 Å². The van der Waals surface area contributed by atoms with E-state index in [0.29, 0.717) is 11.4 Å². The maximum atomic E-state index is 12.9. The summed E-state index contributed by atoms with van der Waals surface area (Å²) < 4.78 is 20.0. The van der Waals surface area contributed by atoms with Crippen LogP contribution in [0, 0.1) is 5.82 Å². The fourth-order valence-corrected chi connectivity index (χ4v) is 2.55. The molecule has 1 saturated heterocycles. The third-order valence-corrected chi connectivity index (χ3v) is 3.79. The van der Waals surface area contributed by atoms with E-state index >= 15 is 0 Å². The average molecular weight is 303 g/mol. The third-order valence-electron chi connectivity index (χ3n) is 3.79. The molecule has 3 rings (SSSR count). The molecule has 1 aliphatic rings. The van der Waals surface area contributed by atoms with Crippen LogP contribution in [-0.4, -0.2) is 34.4 Å². The van der Waals surface area contributed by atoms with E-state index in [1.54, 1.807) is 29.1 Å². The van der Waals surface area contributed by atoms with Crippen LogP contribution in [0.5, 0.6) is 0 Å². The van der Waals surface area contributed by atoms with Crippen molar-refractivity contribution < 1.29 is 13.9 Å². The van der Waals surface area contributed by atoms with Crippen molar-refractivity contribution in [2.75, 3.05) is 6.61 Å². The number of nitrogens with one attached hydrogen (secondary N) is 1. The molecule has 1 aliphatic heterocycles. The number of amides is 1. The van der Waals surface area contributed by atoms with Crippen LogP contribution in [0.25, 0.3) is 5.69 Å². The number of nitrogens with zero attached hydrogens (tertiary/aromatic N) is 2. The van der Waals surface area contributed by atoms with Gasteiger partial charge < -0.3 is 10.1 Å². The van der Waals surface area contributed by atoms with E-state index in [-0.39, 0.29) is 23.9 Å². The summed E-state index contributed by atoms with van der Waals surface area (Å²) in [4.78, 5) is 12.2. The maximum Gasteiger partial charge on any atom is 0.272 e. The number of aromatic nitrogens is 2. The highest BCUT2D eigenvalue weighted by molar-refractivity contribution is 5.92. The first-order valence-electron chi connectivity index (χ1n) is 7.37. The van der Waals surface area contributed by atoms with Gasteiger partial charge in [0.05, 0.1) is 17.8 Å². The highest BCUT2D eigenvalue weighted by Gasteiger charge is 2.24. The Kier molecular flexibility index (Phi) is 4.20. The summed E-state index contributed by atoms with van der Waals surface area (Å²) in [7, 11) is 0. The third kappa shape index (κ3) is 3.17. The van der Waals surface area contributed by atoms with E-state index in [1.807, 2.05) is 6.92 Å². The lowest BCUT2D eigenvalue weighted by Crippen LogP contribution is -2.41. The number of benzene rings is 1. The second kappa shape index (κ2) is 6.27. The summed E-state index contributed by atoms with van der Waals surface area (Å²) in [5, 5.41) is 7.14. The molecule has 116 valence electrons. The summed E-state index contributed by atoms with van der Waals surface area (Å²) in [5.74, 6) is -0.539. The lowest BCUT2D eigenvalue weighted by Gasteiger charge is -2.19. The van der Waals surface area contributed by atoms with Gasteiger partial charge in [0.25, 0.3) is 5.91 Å². The van der Waals surface area contributed by atoms with E-state index in [0.717, 1.165) is 19.4 Å². The molecule has 0 unspecified atom stereocenters. The van der Waals surface area contributed by atoms with E-state index < -0.39 is 0 Å². The number of halogens is 1. The molecule has 22 heavy (non-hydrogen) atoms. The van der Waals surface area contributed by atoms with Crippen molar-refractivity contribution in [3.8, 4) is 5.69 Å². The van der Waals surface area contributed by atoms with Crippen LogP contribution >= 0.6 is 0 Å². The Bertz CT molecular complexity index is 648. The second-order valence-electron chi connectivity index (χ2n) is 5.44. The first-order valence-corrected chi connectivity index (χ1v) is 7.37. The van der Waals surface area contributed by atoms with Gasteiger partial charge in [0.1, 0.15) is 5.82 Å². The summed E-state index contributed by atoms with van der Waals surface area (Å²) in [6, 6.07) is 7.52. The second-order valence-corrected chi connectivity index (χ2v) is 5.44. The minimum Gasteiger partial charge on any atom is -0.376 e. The van der Waals surface area contributed by atoms with Gasteiger partial charge >= 0.3 is 0 Å². The zero-order valence-electron chi connectivity index (χ0n) is 12.3. The number of hydrogen-bond donors (Lipinski definition) is 1. The standard InChI is InChI=1S/C16H18FN3O2/c1-11(15-3-2-10-22-15)18-16(21)14-8-9-20(19-14)13-6-4-12(17)5-7-13/h4-9,11,15H,2-3,10H2,1H3,(H,18,21)/t11-,15-/m0/s1. The zero-order valence-corrected chi connectivity index (χ0v) is 12.3. The molecule has 5 nitrogen and oxygen atoms in total. The van der Waals surface area contributed by atoms with Crippen molar-refractivity contribution >= 4 is 5.91 Å². The number of ether oxygens (including phenoxy) is 1. The molecule has 0 bridgehead atoms. The molecule has 1 fully saturated rings. The zero-order chi connectivity index (χ0) is 15.5. The Labute approximate surface area is 128 Å². The molecule has 1 N–H and O–H groups in total. The molecule has 0 radical (unpaired) electrons. The molecule has 0 saturated carbocycles. The van der Waals surface area contributed by atoms with E-state index in [4.69, 9.17) is 4.74 Å². The Morgan fingerprint density at radius 2 is 2.18 bits per heavy atom. The molecular formula is C16H18FN3O2. The predicted molar refractivity (Wildman–Crippen MR) is 79.4 cm³/mol. The van der Waals surface area contributed by atoms with Crippen LogP contribution in [0.1, 0.15) is 30.3 Å². The van der Waals surface area contributed by atoms with Crippen molar-refractivity contribution in [3.05, 3.63) is 48.0 Å². The van der Waals surface area contributed by atoms with Crippen molar-refractivity contribution in [3.63, 3.8) is 0 Å². The Balaban J connectivity index is 1.67.